The summed E-state index contributed by atoms with van der Waals surface area (Å²) in [6.45, 7) is 3.96. The first kappa shape index (κ1) is 15.1. The van der Waals surface area contributed by atoms with Gasteiger partial charge in [-0.15, -0.1) is 0 Å². The molecular weight excluding hydrogens is 278 g/mol. The van der Waals surface area contributed by atoms with Gasteiger partial charge in [-0.1, -0.05) is 13.8 Å². The van der Waals surface area contributed by atoms with E-state index in [0.717, 1.165) is 0 Å². The third kappa shape index (κ3) is 2.48. The lowest BCUT2D eigenvalue weighted by molar-refractivity contribution is -0.0510. The summed E-state index contributed by atoms with van der Waals surface area (Å²) in [5.41, 5.74) is 6.74. The van der Waals surface area contributed by atoms with E-state index >= 15 is 0 Å². The van der Waals surface area contributed by atoms with E-state index in [0.29, 0.717) is 17.8 Å². The van der Waals surface area contributed by atoms with Crippen molar-refractivity contribution in [3.05, 3.63) is 18.2 Å². The normalized spacial score (nSPS) is 25.0. The van der Waals surface area contributed by atoms with Gasteiger partial charge < -0.3 is 16.2 Å². The summed E-state index contributed by atoms with van der Waals surface area (Å²) in [5.74, 6) is 0. The summed E-state index contributed by atoms with van der Waals surface area (Å²) in [4.78, 5) is 0.135. The van der Waals surface area contributed by atoms with Crippen molar-refractivity contribution in [2.45, 2.75) is 37.3 Å². The van der Waals surface area contributed by atoms with Gasteiger partial charge in [-0.3, -0.25) is 0 Å². The first-order chi connectivity index (χ1) is 9.18. The van der Waals surface area contributed by atoms with Gasteiger partial charge in [0.25, 0.3) is 0 Å². The van der Waals surface area contributed by atoms with Crippen molar-refractivity contribution in [2.24, 2.45) is 5.41 Å². The van der Waals surface area contributed by atoms with Crippen LogP contribution >= 0.6 is 0 Å². The molecule has 5 N–H and O–H groups in total. The van der Waals surface area contributed by atoms with Crippen molar-refractivity contribution in [2.75, 3.05) is 18.1 Å². The highest BCUT2D eigenvalue weighted by Crippen LogP contribution is 2.42. The maximum absolute atomic E-state index is 11.7. The van der Waals surface area contributed by atoms with Crippen LogP contribution in [0.25, 0.3) is 0 Å². The van der Waals surface area contributed by atoms with E-state index in [1.165, 1.54) is 19.2 Å². The summed E-state index contributed by atoms with van der Waals surface area (Å²) in [6, 6.07) is 4.70. The maximum atomic E-state index is 11.7. The van der Waals surface area contributed by atoms with Crippen molar-refractivity contribution >= 4 is 21.4 Å². The van der Waals surface area contributed by atoms with Crippen LogP contribution in [0.2, 0.25) is 0 Å². The van der Waals surface area contributed by atoms with Crippen LogP contribution in [0.15, 0.2) is 23.1 Å². The number of nitrogens with two attached hydrogens (primary N) is 1. The van der Waals surface area contributed by atoms with E-state index in [4.69, 9.17) is 5.73 Å². The van der Waals surface area contributed by atoms with Gasteiger partial charge in [0.15, 0.2) is 0 Å². The summed E-state index contributed by atoms with van der Waals surface area (Å²) in [6.07, 6.45) is 0.327. The molecule has 2 rings (SSSR count). The molecule has 112 valence electrons. The number of benzene rings is 1. The van der Waals surface area contributed by atoms with Gasteiger partial charge >= 0.3 is 0 Å². The molecule has 1 aromatic rings. The van der Waals surface area contributed by atoms with E-state index in [1.807, 2.05) is 13.8 Å². The monoisotopic (exact) mass is 299 g/mol. The fourth-order valence-electron chi connectivity index (χ4n) is 2.29. The predicted molar refractivity (Wildman–Crippen MR) is 78.9 cm³/mol. The number of sulfonamides is 1. The second-order valence-corrected chi connectivity index (χ2v) is 7.61. The molecule has 2 unspecified atom stereocenters. The molecule has 0 bridgehead atoms. The Morgan fingerprint density at radius 2 is 2.05 bits per heavy atom. The summed E-state index contributed by atoms with van der Waals surface area (Å²) in [7, 11) is -2.13. The average Bonchev–Trinajstić information content (AvgIpc) is 2.40. The number of aliphatic hydroxyl groups excluding tert-OH is 1. The maximum Gasteiger partial charge on any atom is 0.240 e. The van der Waals surface area contributed by atoms with Crippen molar-refractivity contribution < 1.29 is 13.5 Å². The van der Waals surface area contributed by atoms with E-state index in [-0.39, 0.29) is 22.5 Å². The van der Waals surface area contributed by atoms with Crippen molar-refractivity contribution in [3.8, 4) is 0 Å². The first-order valence-corrected chi connectivity index (χ1v) is 7.94. The highest BCUT2D eigenvalue weighted by molar-refractivity contribution is 7.89. The largest absolute Gasteiger partial charge is 0.397 e. The fraction of sp³-hybridized carbons (Fsp3) is 0.538. The Hall–Kier alpha value is -1.31. The quantitative estimate of drug-likeness (QED) is 0.614. The fourth-order valence-corrected chi connectivity index (χ4v) is 3.06. The molecule has 2 atom stereocenters. The average molecular weight is 299 g/mol. The number of hydrogen-bond acceptors (Lipinski definition) is 5. The van der Waals surface area contributed by atoms with E-state index in [2.05, 4.69) is 10.0 Å². The predicted octanol–water partition coefficient (Wildman–Crippen LogP) is 0.748. The van der Waals surface area contributed by atoms with Gasteiger partial charge in [0.05, 0.1) is 22.4 Å². The number of aliphatic hydroxyl groups is 1. The Morgan fingerprint density at radius 3 is 2.50 bits per heavy atom. The molecule has 0 heterocycles. The molecule has 0 aliphatic heterocycles. The second-order valence-electron chi connectivity index (χ2n) is 5.73. The molecule has 1 aromatic carbocycles. The lowest BCUT2D eigenvalue weighted by Gasteiger charge is -2.50. The smallest absolute Gasteiger partial charge is 0.240 e. The van der Waals surface area contributed by atoms with Gasteiger partial charge in [0.1, 0.15) is 0 Å². The van der Waals surface area contributed by atoms with Crippen LogP contribution in [0.3, 0.4) is 0 Å². The zero-order valence-electron chi connectivity index (χ0n) is 11.8. The molecule has 0 amide bonds. The molecule has 0 saturated heterocycles. The van der Waals surface area contributed by atoms with Crippen LogP contribution in [-0.4, -0.2) is 32.7 Å². The van der Waals surface area contributed by atoms with Gasteiger partial charge in [-0.2, -0.15) is 0 Å². The van der Waals surface area contributed by atoms with Gasteiger partial charge in [0, 0.05) is 11.5 Å². The van der Waals surface area contributed by atoms with Gasteiger partial charge in [0.2, 0.25) is 10.0 Å². The first-order valence-electron chi connectivity index (χ1n) is 6.46. The standard InChI is InChI=1S/C13H21N3O3S/c1-13(2)11(7-12(13)17)16-10-5-4-8(6-9(10)14)20(18,19)15-3/h4-6,11-12,15-17H,7,14H2,1-3H3. The molecule has 7 heteroatoms. The Labute approximate surface area is 119 Å². The Balaban J connectivity index is 2.20. The Morgan fingerprint density at radius 1 is 1.40 bits per heavy atom. The molecule has 0 aromatic heterocycles. The third-order valence-electron chi connectivity index (χ3n) is 4.15. The molecule has 20 heavy (non-hydrogen) atoms. The van der Waals surface area contributed by atoms with E-state index in [1.54, 1.807) is 6.07 Å². The Bertz CT molecular complexity index is 613. The summed E-state index contributed by atoms with van der Waals surface area (Å²) in [5, 5.41) is 13.0. The van der Waals surface area contributed by atoms with Crippen molar-refractivity contribution in [3.63, 3.8) is 0 Å². The molecule has 1 aliphatic carbocycles. The highest BCUT2D eigenvalue weighted by atomic mass is 32.2. The molecule has 0 spiro atoms. The van der Waals surface area contributed by atoms with Crippen molar-refractivity contribution in [1.82, 2.24) is 4.72 Å². The van der Waals surface area contributed by atoms with E-state index < -0.39 is 10.0 Å². The summed E-state index contributed by atoms with van der Waals surface area (Å²) < 4.78 is 25.6. The van der Waals surface area contributed by atoms with Crippen LogP contribution < -0.4 is 15.8 Å². The number of anilines is 2. The minimum atomic E-state index is -3.49. The number of hydrogen-bond donors (Lipinski definition) is 4. The molecule has 6 nitrogen and oxygen atoms in total. The number of rotatable bonds is 4. The second kappa shape index (κ2) is 4.91. The Kier molecular flexibility index (Phi) is 3.70. The lowest BCUT2D eigenvalue weighted by atomic mass is 9.64. The highest BCUT2D eigenvalue weighted by Gasteiger charge is 2.47. The van der Waals surface area contributed by atoms with Crippen LogP contribution in [0.5, 0.6) is 0 Å². The number of nitrogens with one attached hydrogen (secondary N) is 2. The SMILES string of the molecule is CNS(=O)(=O)c1ccc(NC2CC(O)C2(C)C)c(N)c1. The zero-order chi connectivity index (χ0) is 15.1. The van der Waals surface area contributed by atoms with Gasteiger partial charge in [-0.25, -0.2) is 13.1 Å². The minimum absolute atomic E-state index is 0.117. The lowest BCUT2D eigenvalue weighted by Crippen LogP contribution is -2.56. The number of nitrogen functional groups attached to an aromatic ring is 1. The minimum Gasteiger partial charge on any atom is -0.397 e. The zero-order valence-corrected chi connectivity index (χ0v) is 12.7. The molecule has 0 radical (unpaired) electrons. The third-order valence-corrected chi connectivity index (χ3v) is 5.56. The van der Waals surface area contributed by atoms with Crippen LogP contribution in [0.4, 0.5) is 11.4 Å². The van der Waals surface area contributed by atoms with Crippen LogP contribution in [0.1, 0.15) is 20.3 Å². The topological polar surface area (TPSA) is 104 Å². The van der Waals surface area contributed by atoms with Crippen LogP contribution in [-0.2, 0) is 10.0 Å². The van der Waals surface area contributed by atoms with Crippen LogP contribution in [0, 0.1) is 5.41 Å². The molecular formula is C13H21N3O3S. The molecule has 1 saturated carbocycles. The molecule has 1 fully saturated rings. The van der Waals surface area contributed by atoms with E-state index in [9.17, 15) is 13.5 Å². The summed E-state index contributed by atoms with van der Waals surface area (Å²) >= 11 is 0. The van der Waals surface area contributed by atoms with Gasteiger partial charge in [-0.05, 0) is 31.7 Å². The molecule has 1 aliphatic rings. The van der Waals surface area contributed by atoms with Crippen molar-refractivity contribution in [1.29, 1.82) is 0 Å².